The molecule has 4 heteroatoms. The Morgan fingerprint density at radius 2 is 1.68 bits per heavy atom. The first-order chi connectivity index (χ1) is 10.6. The molecule has 0 radical (unpaired) electrons. The summed E-state index contributed by atoms with van der Waals surface area (Å²) in [6, 6.07) is 18.4. The standard InChI is InChI=1S/C18H16O4/c19-16(20)18(11-13-7-3-1-4-8-13)12-15(22-17(18)21)14-9-5-2-6-10-14/h1-10,15H,11-12H2,(H,19,20)/t15-,18-/m0/s1. The number of hydrogen-bond donors (Lipinski definition) is 1. The third kappa shape index (κ3) is 2.48. The lowest BCUT2D eigenvalue weighted by atomic mass is 9.78. The summed E-state index contributed by atoms with van der Waals surface area (Å²) < 4.78 is 5.38. The monoisotopic (exact) mass is 296 g/mol. The van der Waals surface area contributed by atoms with Crippen LogP contribution in [0.3, 0.4) is 0 Å². The summed E-state index contributed by atoms with van der Waals surface area (Å²) in [5, 5.41) is 9.66. The Kier molecular flexibility index (Phi) is 3.67. The van der Waals surface area contributed by atoms with Crippen molar-refractivity contribution in [3.8, 4) is 0 Å². The molecule has 1 saturated heterocycles. The van der Waals surface area contributed by atoms with Crippen LogP contribution in [0.15, 0.2) is 60.7 Å². The average Bonchev–Trinajstić information content (AvgIpc) is 2.87. The first-order valence-electron chi connectivity index (χ1n) is 7.15. The fraction of sp³-hybridized carbons (Fsp3) is 0.222. The molecule has 112 valence electrons. The van der Waals surface area contributed by atoms with Gasteiger partial charge in [-0.1, -0.05) is 60.7 Å². The number of rotatable bonds is 4. The second kappa shape index (κ2) is 5.64. The Hall–Kier alpha value is -2.62. The predicted molar refractivity (Wildman–Crippen MR) is 80.1 cm³/mol. The van der Waals surface area contributed by atoms with Crippen LogP contribution in [-0.4, -0.2) is 17.0 Å². The van der Waals surface area contributed by atoms with E-state index in [4.69, 9.17) is 4.74 Å². The predicted octanol–water partition coefficient (Wildman–Crippen LogP) is 2.99. The first kappa shape index (κ1) is 14.3. The molecule has 0 amide bonds. The van der Waals surface area contributed by atoms with Crippen LogP contribution in [0.2, 0.25) is 0 Å². The molecule has 0 bridgehead atoms. The van der Waals surface area contributed by atoms with Crippen LogP contribution in [0.1, 0.15) is 23.7 Å². The number of aliphatic carboxylic acids is 1. The van der Waals surface area contributed by atoms with E-state index in [1.165, 1.54) is 0 Å². The van der Waals surface area contributed by atoms with Gasteiger partial charge in [-0.2, -0.15) is 0 Å². The molecule has 1 aliphatic heterocycles. The van der Waals surface area contributed by atoms with Crippen molar-refractivity contribution in [2.75, 3.05) is 0 Å². The molecule has 4 nitrogen and oxygen atoms in total. The SMILES string of the molecule is O=C(O)[C@]1(Cc2ccccc2)C[C@@H](c2ccccc2)OC1=O. The normalized spacial score (nSPS) is 24.0. The Morgan fingerprint density at radius 1 is 1.09 bits per heavy atom. The molecular weight excluding hydrogens is 280 g/mol. The van der Waals surface area contributed by atoms with Crippen LogP contribution in [-0.2, 0) is 20.7 Å². The molecule has 2 atom stereocenters. The molecule has 1 fully saturated rings. The summed E-state index contributed by atoms with van der Waals surface area (Å²) in [6.07, 6.45) is -0.209. The van der Waals surface area contributed by atoms with Crippen LogP contribution in [0.4, 0.5) is 0 Å². The molecule has 3 rings (SSSR count). The minimum Gasteiger partial charge on any atom is -0.480 e. The quantitative estimate of drug-likeness (QED) is 0.696. The number of carboxylic acid groups (broad SMARTS) is 1. The molecule has 0 unspecified atom stereocenters. The van der Waals surface area contributed by atoms with E-state index in [1.807, 2.05) is 60.7 Å². The highest BCUT2D eigenvalue weighted by Crippen LogP contribution is 2.44. The summed E-state index contributed by atoms with van der Waals surface area (Å²) >= 11 is 0. The first-order valence-corrected chi connectivity index (χ1v) is 7.15. The largest absolute Gasteiger partial charge is 0.480 e. The van der Waals surface area contributed by atoms with Gasteiger partial charge in [-0.15, -0.1) is 0 Å². The van der Waals surface area contributed by atoms with Gasteiger partial charge in [0.1, 0.15) is 6.10 Å². The topological polar surface area (TPSA) is 63.6 Å². The minimum absolute atomic E-state index is 0.144. The lowest BCUT2D eigenvalue weighted by Gasteiger charge is -2.19. The van der Waals surface area contributed by atoms with Crippen LogP contribution in [0, 0.1) is 5.41 Å². The molecule has 1 heterocycles. The Bertz CT molecular complexity index is 681. The highest BCUT2D eigenvalue weighted by molar-refractivity contribution is 6.01. The van der Waals surface area contributed by atoms with E-state index in [2.05, 4.69) is 0 Å². The zero-order chi connectivity index (χ0) is 15.6. The van der Waals surface area contributed by atoms with Crippen molar-refractivity contribution >= 4 is 11.9 Å². The maximum absolute atomic E-state index is 12.3. The Labute approximate surface area is 128 Å². The van der Waals surface area contributed by atoms with Gasteiger partial charge >= 0.3 is 11.9 Å². The fourth-order valence-electron chi connectivity index (χ4n) is 2.88. The highest BCUT2D eigenvalue weighted by Gasteiger charge is 2.55. The van der Waals surface area contributed by atoms with E-state index < -0.39 is 23.5 Å². The zero-order valence-corrected chi connectivity index (χ0v) is 11.9. The zero-order valence-electron chi connectivity index (χ0n) is 11.9. The number of carbonyl (C=O) groups is 2. The van der Waals surface area contributed by atoms with Crippen molar-refractivity contribution in [3.05, 3.63) is 71.8 Å². The highest BCUT2D eigenvalue weighted by atomic mass is 16.6. The molecule has 0 aromatic heterocycles. The molecule has 0 saturated carbocycles. The Balaban J connectivity index is 1.91. The molecule has 1 aliphatic rings. The number of esters is 1. The van der Waals surface area contributed by atoms with Gasteiger partial charge in [-0.25, -0.2) is 0 Å². The van der Waals surface area contributed by atoms with Gasteiger partial charge in [0.05, 0.1) is 0 Å². The third-order valence-electron chi connectivity index (χ3n) is 4.10. The molecular formula is C18H16O4. The average molecular weight is 296 g/mol. The van der Waals surface area contributed by atoms with Crippen LogP contribution < -0.4 is 0 Å². The van der Waals surface area contributed by atoms with Gasteiger partial charge < -0.3 is 9.84 Å². The van der Waals surface area contributed by atoms with Crippen LogP contribution in [0.5, 0.6) is 0 Å². The lowest BCUT2D eigenvalue weighted by molar-refractivity contribution is -0.161. The molecule has 22 heavy (non-hydrogen) atoms. The van der Waals surface area contributed by atoms with Crippen molar-refractivity contribution in [1.82, 2.24) is 0 Å². The number of cyclic esters (lactones) is 1. The van der Waals surface area contributed by atoms with Crippen molar-refractivity contribution in [2.45, 2.75) is 18.9 Å². The molecule has 0 aliphatic carbocycles. The van der Waals surface area contributed by atoms with Gasteiger partial charge in [0.2, 0.25) is 0 Å². The second-order valence-electron chi connectivity index (χ2n) is 5.56. The van der Waals surface area contributed by atoms with E-state index in [-0.39, 0.29) is 12.8 Å². The minimum atomic E-state index is -1.51. The second-order valence-corrected chi connectivity index (χ2v) is 5.56. The number of benzene rings is 2. The maximum Gasteiger partial charge on any atom is 0.324 e. The number of carboxylic acids is 1. The van der Waals surface area contributed by atoms with Crippen molar-refractivity contribution in [2.24, 2.45) is 5.41 Å². The van der Waals surface area contributed by atoms with E-state index in [9.17, 15) is 14.7 Å². The lowest BCUT2D eigenvalue weighted by Crippen LogP contribution is -2.37. The summed E-state index contributed by atoms with van der Waals surface area (Å²) in [5.41, 5.74) is 0.129. The summed E-state index contributed by atoms with van der Waals surface area (Å²) in [6.45, 7) is 0. The van der Waals surface area contributed by atoms with E-state index >= 15 is 0 Å². The van der Waals surface area contributed by atoms with Gasteiger partial charge in [-0.05, 0) is 17.5 Å². The van der Waals surface area contributed by atoms with Gasteiger partial charge in [-0.3, -0.25) is 9.59 Å². The fourth-order valence-corrected chi connectivity index (χ4v) is 2.88. The van der Waals surface area contributed by atoms with Gasteiger partial charge in [0.15, 0.2) is 5.41 Å². The smallest absolute Gasteiger partial charge is 0.324 e. The van der Waals surface area contributed by atoms with Crippen molar-refractivity contribution in [1.29, 1.82) is 0 Å². The van der Waals surface area contributed by atoms with Gasteiger partial charge in [0.25, 0.3) is 0 Å². The molecule has 0 spiro atoms. The van der Waals surface area contributed by atoms with E-state index in [0.717, 1.165) is 11.1 Å². The van der Waals surface area contributed by atoms with Crippen molar-refractivity contribution in [3.63, 3.8) is 0 Å². The third-order valence-corrected chi connectivity index (χ3v) is 4.10. The summed E-state index contributed by atoms with van der Waals surface area (Å²) in [5.74, 6) is -1.78. The molecule has 2 aromatic carbocycles. The number of hydrogen-bond acceptors (Lipinski definition) is 3. The van der Waals surface area contributed by atoms with E-state index in [0.29, 0.717) is 0 Å². The van der Waals surface area contributed by atoms with Crippen molar-refractivity contribution < 1.29 is 19.4 Å². The molecule has 2 aromatic rings. The maximum atomic E-state index is 12.3. The number of ether oxygens (including phenoxy) is 1. The van der Waals surface area contributed by atoms with Crippen LogP contribution >= 0.6 is 0 Å². The number of carbonyl (C=O) groups excluding carboxylic acids is 1. The summed E-state index contributed by atoms with van der Waals surface area (Å²) in [7, 11) is 0. The molecule has 1 N–H and O–H groups in total. The van der Waals surface area contributed by atoms with Crippen LogP contribution in [0.25, 0.3) is 0 Å². The van der Waals surface area contributed by atoms with E-state index in [1.54, 1.807) is 0 Å². The Morgan fingerprint density at radius 3 is 2.27 bits per heavy atom. The van der Waals surface area contributed by atoms with Gasteiger partial charge in [0, 0.05) is 6.42 Å². The summed E-state index contributed by atoms with van der Waals surface area (Å²) in [4.78, 5) is 24.1.